The summed E-state index contributed by atoms with van der Waals surface area (Å²) in [6.45, 7) is 2.37. The van der Waals surface area contributed by atoms with Crippen molar-refractivity contribution in [3.8, 4) is 5.75 Å². The fourth-order valence-corrected chi connectivity index (χ4v) is 1.67. The van der Waals surface area contributed by atoms with Crippen LogP contribution in [0.15, 0.2) is 30.5 Å². The van der Waals surface area contributed by atoms with Crippen LogP contribution in [0.3, 0.4) is 0 Å². The summed E-state index contributed by atoms with van der Waals surface area (Å²) in [6, 6.07) is 7.33. The van der Waals surface area contributed by atoms with Crippen LogP contribution in [0, 0.1) is 6.92 Å². The molecule has 0 saturated carbocycles. The van der Waals surface area contributed by atoms with Crippen molar-refractivity contribution in [1.82, 2.24) is 9.97 Å². The fourth-order valence-electron chi connectivity index (χ4n) is 1.67. The van der Waals surface area contributed by atoms with Crippen molar-refractivity contribution in [2.75, 3.05) is 24.3 Å². The Morgan fingerprint density at radius 1 is 1.21 bits per heavy atom. The van der Waals surface area contributed by atoms with E-state index in [2.05, 4.69) is 15.3 Å². The van der Waals surface area contributed by atoms with Crippen LogP contribution < -0.4 is 10.2 Å². The summed E-state index contributed by atoms with van der Waals surface area (Å²) in [6.07, 6.45) is 1.77. The first kappa shape index (κ1) is 13.1. The van der Waals surface area contributed by atoms with Crippen molar-refractivity contribution in [1.29, 1.82) is 0 Å². The van der Waals surface area contributed by atoms with Crippen LogP contribution in [-0.4, -0.2) is 29.2 Å². The van der Waals surface area contributed by atoms with E-state index in [0.29, 0.717) is 12.2 Å². The molecule has 5 heteroatoms. The zero-order valence-electron chi connectivity index (χ0n) is 11.4. The second-order valence-corrected chi connectivity index (χ2v) is 4.57. The Kier molecular flexibility index (Phi) is 3.85. The van der Waals surface area contributed by atoms with Gasteiger partial charge in [-0.1, -0.05) is 0 Å². The Balaban J connectivity index is 2.04. The molecule has 2 rings (SSSR count). The van der Waals surface area contributed by atoms with Crippen molar-refractivity contribution in [2.45, 2.75) is 13.5 Å². The number of anilines is 2. The molecule has 0 radical (unpaired) electrons. The Morgan fingerprint density at radius 2 is 2.00 bits per heavy atom. The molecule has 2 heterocycles. The average molecular weight is 258 g/mol. The molecule has 2 N–H and O–H groups in total. The van der Waals surface area contributed by atoms with Gasteiger partial charge in [-0.3, -0.25) is 4.98 Å². The molecule has 100 valence electrons. The molecule has 5 nitrogen and oxygen atoms in total. The van der Waals surface area contributed by atoms with Gasteiger partial charge in [-0.05, 0) is 31.2 Å². The van der Waals surface area contributed by atoms with E-state index in [-0.39, 0.29) is 5.75 Å². The van der Waals surface area contributed by atoms with Gasteiger partial charge in [0, 0.05) is 19.8 Å². The SMILES string of the molecule is Cc1ccc(O)c(CNc2ccc(N(C)C)nc2)n1. The highest BCUT2D eigenvalue weighted by Gasteiger charge is 2.03. The van der Waals surface area contributed by atoms with Gasteiger partial charge in [-0.25, -0.2) is 4.98 Å². The lowest BCUT2D eigenvalue weighted by atomic mass is 10.2. The molecule has 0 amide bonds. The first-order valence-corrected chi connectivity index (χ1v) is 6.09. The molecule has 0 aromatic carbocycles. The standard InChI is InChI=1S/C14H18N4O/c1-10-4-6-13(19)12(17-10)9-15-11-5-7-14(16-8-11)18(2)3/h4-8,15,19H,9H2,1-3H3. The normalized spacial score (nSPS) is 10.3. The molecule has 0 aliphatic rings. The van der Waals surface area contributed by atoms with Crippen molar-refractivity contribution in [3.63, 3.8) is 0 Å². The van der Waals surface area contributed by atoms with E-state index < -0.39 is 0 Å². The zero-order chi connectivity index (χ0) is 13.8. The number of nitrogens with zero attached hydrogens (tertiary/aromatic N) is 3. The Hall–Kier alpha value is -2.30. The van der Waals surface area contributed by atoms with Gasteiger partial charge in [0.05, 0.1) is 18.4 Å². The zero-order valence-corrected chi connectivity index (χ0v) is 11.4. The molecule has 0 aliphatic carbocycles. The summed E-state index contributed by atoms with van der Waals surface area (Å²) in [5, 5.41) is 12.9. The monoisotopic (exact) mass is 258 g/mol. The second-order valence-electron chi connectivity index (χ2n) is 4.57. The number of hydrogen-bond acceptors (Lipinski definition) is 5. The van der Waals surface area contributed by atoms with E-state index in [9.17, 15) is 5.11 Å². The largest absolute Gasteiger partial charge is 0.506 e. The smallest absolute Gasteiger partial charge is 0.138 e. The molecule has 0 saturated heterocycles. The van der Waals surface area contributed by atoms with E-state index in [4.69, 9.17) is 0 Å². The number of nitrogens with one attached hydrogen (secondary N) is 1. The number of pyridine rings is 2. The summed E-state index contributed by atoms with van der Waals surface area (Å²) in [7, 11) is 3.90. The molecule has 0 atom stereocenters. The summed E-state index contributed by atoms with van der Waals surface area (Å²) in [5.41, 5.74) is 2.42. The van der Waals surface area contributed by atoms with Gasteiger partial charge in [-0.2, -0.15) is 0 Å². The van der Waals surface area contributed by atoms with Crippen LogP contribution in [0.5, 0.6) is 5.75 Å². The van der Waals surface area contributed by atoms with E-state index in [1.54, 1.807) is 18.3 Å². The predicted octanol–water partition coefficient (Wildman–Crippen LogP) is 2.17. The van der Waals surface area contributed by atoms with Gasteiger partial charge in [0.15, 0.2) is 0 Å². The number of rotatable bonds is 4. The van der Waals surface area contributed by atoms with E-state index in [1.807, 2.05) is 38.1 Å². The lowest BCUT2D eigenvalue weighted by Gasteiger charge is -2.12. The van der Waals surface area contributed by atoms with Gasteiger partial charge in [-0.15, -0.1) is 0 Å². The van der Waals surface area contributed by atoms with E-state index in [1.165, 1.54) is 0 Å². The summed E-state index contributed by atoms with van der Waals surface area (Å²) >= 11 is 0. The van der Waals surface area contributed by atoms with Crippen molar-refractivity contribution < 1.29 is 5.11 Å². The first-order valence-electron chi connectivity index (χ1n) is 6.09. The number of aromatic hydroxyl groups is 1. The summed E-state index contributed by atoms with van der Waals surface area (Å²) in [5.74, 6) is 1.11. The molecule has 0 aliphatic heterocycles. The Bertz CT molecular complexity index is 552. The Morgan fingerprint density at radius 3 is 2.63 bits per heavy atom. The molecule has 19 heavy (non-hydrogen) atoms. The topological polar surface area (TPSA) is 61.3 Å². The van der Waals surface area contributed by atoms with Gasteiger partial charge in [0.2, 0.25) is 0 Å². The van der Waals surface area contributed by atoms with Gasteiger partial charge in [0.1, 0.15) is 17.3 Å². The highest BCUT2D eigenvalue weighted by Crippen LogP contribution is 2.17. The lowest BCUT2D eigenvalue weighted by Crippen LogP contribution is -2.10. The maximum atomic E-state index is 9.71. The third kappa shape index (κ3) is 3.34. The minimum atomic E-state index is 0.205. The highest BCUT2D eigenvalue weighted by atomic mass is 16.3. The molecule has 2 aromatic heterocycles. The van der Waals surface area contributed by atoms with E-state index in [0.717, 1.165) is 17.2 Å². The number of hydrogen-bond donors (Lipinski definition) is 2. The van der Waals surface area contributed by atoms with Crippen molar-refractivity contribution >= 4 is 11.5 Å². The van der Waals surface area contributed by atoms with Crippen LogP contribution in [0.2, 0.25) is 0 Å². The maximum absolute atomic E-state index is 9.71. The summed E-state index contributed by atoms with van der Waals surface area (Å²) in [4.78, 5) is 10.5. The molecule has 0 bridgehead atoms. The third-order valence-corrected chi connectivity index (χ3v) is 2.76. The summed E-state index contributed by atoms with van der Waals surface area (Å²) < 4.78 is 0. The first-order chi connectivity index (χ1) is 9.06. The van der Waals surface area contributed by atoms with Crippen molar-refractivity contribution in [2.24, 2.45) is 0 Å². The fraction of sp³-hybridized carbons (Fsp3) is 0.286. The number of aromatic nitrogens is 2. The lowest BCUT2D eigenvalue weighted by molar-refractivity contribution is 0.464. The molecule has 0 fully saturated rings. The third-order valence-electron chi connectivity index (χ3n) is 2.76. The quantitative estimate of drug-likeness (QED) is 0.880. The molecular formula is C14H18N4O. The maximum Gasteiger partial charge on any atom is 0.138 e. The minimum absolute atomic E-state index is 0.205. The van der Waals surface area contributed by atoms with Gasteiger partial charge >= 0.3 is 0 Å². The molecule has 0 unspecified atom stereocenters. The average Bonchev–Trinajstić information content (AvgIpc) is 2.40. The van der Waals surface area contributed by atoms with Crippen LogP contribution in [0.4, 0.5) is 11.5 Å². The van der Waals surface area contributed by atoms with Crippen LogP contribution in [0.1, 0.15) is 11.4 Å². The van der Waals surface area contributed by atoms with Gasteiger partial charge in [0.25, 0.3) is 0 Å². The minimum Gasteiger partial charge on any atom is -0.506 e. The van der Waals surface area contributed by atoms with Crippen LogP contribution in [0.25, 0.3) is 0 Å². The van der Waals surface area contributed by atoms with Crippen molar-refractivity contribution in [3.05, 3.63) is 41.9 Å². The Labute approximate surface area is 112 Å². The van der Waals surface area contributed by atoms with Crippen LogP contribution in [-0.2, 0) is 6.54 Å². The number of aryl methyl sites for hydroxylation is 1. The predicted molar refractivity (Wildman–Crippen MR) is 76.5 cm³/mol. The molecular weight excluding hydrogens is 240 g/mol. The molecule has 0 spiro atoms. The highest BCUT2D eigenvalue weighted by molar-refractivity contribution is 5.48. The van der Waals surface area contributed by atoms with Crippen LogP contribution >= 0.6 is 0 Å². The second kappa shape index (κ2) is 5.56. The van der Waals surface area contributed by atoms with E-state index >= 15 is 0 Å². The van der Waals surface area contributed by atoms with Gasteiger partial charge < -0.3 is 15.3 Å². The molecule has 2 aromatic rings.